The van der Waals surface area contributed by atoms with Crippen molar-refractivity contribution in [3.8, 4) is 11.1 Å². The minimum absolute atomic E-state index is 0.0975. The zero-order valence-corrected chi connectivity index (χ0v) is 16.1. The SMILES string of the molecule is CN1CCC[C@H]1CCNC(=O)c1cccc(-c2cc3ccccc3[nH]c2=O)c1. The molecule has 1 amide bonds. The van der Waals surface area contributed by atoms with Crippen LogP contribution in [-0.4, -0.2) is 42.0 Å². The van der Waals surface area contributed by atoms with Crippen molar-refractivity contribution in [2.45, 2.75) is 25.3 Å². The number of aromatic amines is 1. The zero-order valence-electron chi connectivity index (χ0n) is 16.1. The predicted octanol–water partition coefficient (Wildman–Crippen LogP) is 3.41. The van der Waals surface area contributed by atoms with Crippen molar-refractivity contribution >= 4 is 16.8 Å². The minimum Gasteiger partial charge on any atom is -0.352 e. The number of carbonyl (C=O) groups excluding carboxylic acids is 1. The summed E-state index contributed by atoms with van der Waals surface area (Å²) in [6.07, 6.45) is 3.40. The first kappa shape index (κ1) is 18.4. The number of amides is 1. The highest BCUT2D eigenvalue weighted by molar-refractivity contribution is 5.95. The number of fused-ring (bicyclic) bond motifs is 1. The van der Waals surface area contributed by atoms with Crippen LogP contribution in [0.3, 0.4) is 0 Å². The molecule has 1 fully saturated rings. The van der Waals surface area contributed by atoms with Crippen LogP contribution in [0.1, 0.15) is 29.6 Å². The highest BCUT2D eigenvalue weighted by Crippen LogP contribution is 2.21. The van der Waals surface area contributed by atoms with Gasteiger partial charge in [0.2, 0.25) is 0 Å². The number of carbonyl (C=O) groups is 1. The molecule has 1 aliphatic rings. The van der Waals surface area contributed by atoms with E-state index in [1.54, 1.807) is 12.1 Å². The first-order valence-corrected chi connectivity index (χ1v) is 9.83. The second kappa shape index (κ2) is 7.98. The van der Waals surface area contributed by atoms with E-state index in [1.807, 2.05) is 42.5 Å². The summed E-state index contributed by atoms with van der Waals surface area (Å²) in [5.41, 5.74) is 2.54. The van der Waals surface area contributed by atoms with Gasteiger partial charge in [0.1, 0.15) is 0 Å². The van der Waals surface area contributed by atoms with Crippen molar-refractivity contribution in [3.05, 3.63) is 70.5 Å². The minimum atomic E-state index is -0.152. The van der Waals surface area contributed by atoms with Gasteiger partial charge in [0.15, 0.2) is 0 Å². The summed E-state index contributed by atoms with van der Waals surface area (Å²) in [4.78, 5) is 30.3. The number of likely N-dealkylation sites (tertiary alicyclic amines) is 1. The fraction of sp³-hybridized carbons (Fsp3) is 0.304. The van der Waals surface area contributed by atoms with Gasteiger partial charge in [-0.1, -0.05) is 30.3 Å². The third-order valence-corrected chi connectivity index (χ3v) is 5.62. The van der Waals surface area contributed by atoms with E-state index in [-0.39, 0.29) is 11.5 Å². The molecule has 3 aromatic rings. The molecule has 4 rings (SSSR count). The van der Waals surface area contributed by atoms with E-state index < -0.39 is 0 Å². The van der Waals surface area contributed by atoms with Gasteiger partial charge in [-0.3, -0.25) is 9.59 Å². The Balaban J connectivity index is 1.50. The maximum atomic E-state index is 12.6. The largest absolute Gasteiger partial charge is 0.352 e. The molecule has 1 aliphatic heterocycles. The molecular weight excluding hydrogens is 350 g/mol. The van der Waals surface area contributed by atoms with Crippen LogP contribution in [0.15, 0.2) is 59.4 Å². The van der Waals surface area contributed by atoms with Gasteiger partial charge in [-0.05, 0) is 68.1 Å². The van der Waals surface area contributed by atoms with Crippen molar-refractivity contribution in [1.29, 1.82) is 0 Å². The molecule has 28 heavy (non-hydrogen) atoms. The van der Waals surface area contributed by atoms with Crippen molar-refractivity contribution in [2.24, 2.45) is 0 Å². The van der Waals surface area contributed by atoms with Gasteiger partial charge >= 0.3 is 0 Å². The molecule has 5 heteroatoms. The lowest BCUT2D eigenvalue weighted by atomic mass is 10.0. The smallest absolute Gasteiger partial charge is 0.256 e. The fourth-order valence-electron chi connectivity index (χ4n) is 3.99. The van der Waals surface area contributed by atoms with Gasteiger partial charge in [-0.15, -0.1) is 0 Å². The Morgan fingerprint density at radius 3 is 2.86 bits per heavy atom. The number of aromatic nitrogens is 1. The molecule has 0 saturated carbocycles. The van der Waals surface area contributed by atoms with Gasteiger partial charge in [0.25, 0.3) is 11.5 Å². The summed E-state index contributed by atoms with van der Waals surface area (Å²) < 4.78 is 0. The molecular formula is C23H25N3O2. The Labute approximate surface area is 164 Å². The van der Waals surface area contributed by atoms with E-state index in [4.69, 9.17) is 0 Å². The summed E-state index contributed by atoms with van der Waals surface area (Å²) >= 11 is 0. The van der Waals surface area contributed by atoms with Gasteiger partial charge in [0.05, 0.1) is 0 Å². The van der Waals surface area contributed by atoms with E-state index in [0.29, 0.717) is 23.7 Å². The van der Waals surface area contributed by atoms with Crippen LogP contribution in [0.5, 0.6) is 0 Å². The van der Waals surface area contributed by atoms with Crippen LogP contribution >= 0.6 is 0 Å². The Hall–Kier alpha value is -2.92. The molecule has 0 aliphatic carbocycles. The van der Waals surface area contributed by atoms with Crippen molar-refractivity contribution in [1.82, 2.24) is 15.2 Å². The molecule has 5 nitrogen and oxygen atoms in total. The number of para-hydroxylation sites is 1. The van der Waals surface area contributed by atoms with Crippen LogP contribution in [0.2, 0.25) is 0 Å². The summed E-state index contributed by atoms with van der Waals surface area (Å²) in [6.45, 7) is 1.80. The number of nitrogens with one attached hydrogen (secondary N) is 2. The second-order valence-corrected chi connectivity index (χ2v) is 7.50. The number of H-pyrrole nitrogens is 1. The van der Waals surface area contributed by atoms with Crippen molar-refractivity contribution in [2.75, 3.05) is 20.1 Å². The number of hydrogen-bond donors (Lipinski definition) is 2. The second-order valence-electron chi connectivity index (χ2n) is 7.50. The molecule has 0 spiro atoms. The summed E-state index contributed by atoms with van der Waals surface area (Å²) in [5, 5.41) is 3.98. The molecule has 1 saturated heterocycles. The monoisotopic (exact) mass is 375 g/mol. The maximum absolute atomic E-state index is 12.6. The number of pyridine rings is 1. The van der Waals surface area contributed by atoms with E-state index in [0.717, 1.165) is 29.4 Å². The lowest BCUT2D eigenvalue weighted by Gasteiger charge is -2.19. The molecule has 0 bridgehead atoms. The topological polar surface area (TPSA) is 65.2 Å². The van der Waals surface area contributed by atoms with Gasteiger partial charge < -0.3 is 15.2 Å². The summed E-state index contributed by atoms with van der Waals surface area (Å²) in [5.74, 6) is -0.0975. The molecule has 2 heterocycles. The lowest BCUT2D eigenvalue weighted by molar-refractivity contribution is 0.0950. The normalized spacial score (nSPS) is 17.1. The van der Waals surface area contributed by atoms with Crippen molar-refractivity contribution in [3.63, 3.8) is 0 Å². The molecule has 2 N–H and O–H groups in total. The highest BCUT2D eigenvalue weighted by Gasteiger charge is 2.20. The average molecular weight is 375 g/mol. The number of rotatable bonds is 5. The van der Waals surface area contributed by atoms with E-state index in [1.165, 1.54) is 12.8 Å². The third kappa shape index (κ3) is 3.85. The number of hydrogen-bond acceptors (Lipinski definition) is 3. The lowest BCUT2D eigenvalue weighted by Crippen LogP contribution is -2.31. The quantitative estimate of drug-likeness (QED) is 0.718. The molecule has 1 atom stereocenters. The summed E-state index contributed by atoms with van der Waals surface area (Å²) in [6, 6.07) is 17.4. The van der Waals surface area contributed by atoms with E-state index >= 15 is 0 Å². The Bertz CT molecular complexity index is 1060. The Morgan fingerprint density at radius 2 is 2.04 bits per heavy atom. The van der Waals surface area contributed by atoms with Crippen LogP contribution in [-0.2, 0) is 0 Å². The molecule has 2 aromatic carbocycles. The highest BCUT2D eigenvalue weighted by atomic mass is 16.1. The Morgan fingerprint density at radius 1 is 1.18 bits per heavy atom. The van der Waals surface area contributed by atoms with Gasteiger partial charge in [-0.25, -0.2) is 0 Å². The zero-order chi connectivity index (χ0) is 19.5. The Kier molecular flexibility index (Phi) is 5.26. The number of benzene rings is 2. The van der Waals surface area contributed by atoms with Crippen LogP contribution in [0.25, 0.3) is 22.0 Å². The standard InChI is InChI=1S/C23H25N3O2/c1-26-13-5-9-19(26)11-12-24-22(27)18-8-4-7-16(14-18)20-15-17-6-2-3-10-21(17)25-23(20)28/h2-4,6-8,10,14-15,19H,5,9,11-13H2,1H3,(H,24,27)(H,25,28)/t19-/m0/s1. The molecule has 144 valence electrons. The summed E-state index contributed by atoms with van der Waals surface area (Å²) in [7, 11) is 2.14. The third-order valence-electron chi connectivity index (χ3n) is 5.62. The predicted molar refractivity (Wildman–Crippen MR) is 113 cm³/mol. The van der Waals surface area contributed by atoms with Gasteiger partial charge in [-0.2, -0.15) is 0 Å². The maximum Gasteiger partial charge on any atom is 0.256 e. The van der Waals surface area contributed by atoms with Crippen molar-refractivity contribution < 1.29 is 4.79 Å². The molecule has 1 aromatic heterocycles. The van der Waals surface area contributed by atoms with Crippen LogP contribution < -0.4 is 10.9 Å². The fourth-order valence-corrected chi connectivity index (χ4v) is 3.99. The average Bonchev–Trinajstić information content (AvgIpc) is 3.12. The first-order valence-electron chi connectivity index (χ1n) is 9.83. The number of nitrogens with zero attached hydrogens (tertiary/aromatic N) is 1. The molecule has 0 radical (unpaired) electrons. The first-order chi connectivity index (χ1) is 13.6. The van der Waals surface area contributed by atoms with E-state index in [2.05, 4.69) is 22.2 Å². The van der Waals surface area contributed by atoms with Crippen LogP contribution in [0.4, 0.5) is 0 Å². The van der Waals surface area contributed by atoms with E-state index in [9.17, 15) is 9.59 Å². The van der Waals surface area contributed by atoms with Gasteiger partial charge in [0, 0.05) is 29.2 Å². The van der Waals surface area contributed by atoms with Crippen LogP contribution in [0, 0.1) is 0 Å². The molecule has 0 unspecified atom stereocenters.